The molecule has 31 heavy (non-hydrogen) atoms. The van der Waals surface area contributed by atoms with Crippen molar-refractivity contribution in [3.63, 3.8) is 0 Å². The Balaban J connectivity index is 1.62. The molecule has 9 nitrogen and oxygen atoms in total. The second-order valence-corrected chi connectivity index (χ2v) is 6.83. The highest BCUT2D eigenvalue weighted by atomic mass is 31.2. The number of hydrogen-bond donors (Lipinski definition) is 3. The molecular weight excluding hydrogens is 421 g/mol. The molecule has 0 saturated carbocycles. The van der Waals surface area contributed by atoms with E-state index in [0.29, 0.717) is 17.1 Å². The van der Waals surface area contributed by atoms with Crippen LogP contribution in [0.2, 0.25) is 0 Å². The number of carbonyl (C=O) groups excluding carboxylic acids is 3. The second kappa shape index (κ2) is 11.2. The van der Waals surface area contributed by atoms with Gasteiger partial charge in [-0.25, -0.2) is 14.4 Å². The van der Waals surface area contributed by atoms with Crippen LogP contribution >= 0.6 is 8.60 Å². The second-order valence-electron chi connectivity index (χ2n) is 5.83. The third kappa shape index (κ3) is 7.68. The summed E-state index contributed by atoms with van der Waals surface area (Å²) < 4.78 is 15.1. The molecule has 0 bridgehead atoms. The molecule has 0 saturated heterocycles. The molecule has 0 fully saturated rings. The monoisotopic (exact) mass is 439 g/mol. The zero-order chi connectivity index (χ0) is 21.9. The van der Waals surface area contributed by atoms with E-state index in [4.69, 9.17) is 13.6 Å². The normalized spacial score (nSPS) is 9.97. The number of hydrogen-bond acceptors (Lipinski definition) is 6. The fourth-order valence-electron chi connectivity index (χ4n) is 2.25. The van der Waals surface area contributed by atoms with Gasteiger partial charge in [0.1, 0.15) is 0 Å². The van der Waals surface area contributed by atoms with Crippen molar-refractivity contribution in [3.8, 4) is 0 Å². The van der Waals surface area contributed by atoms with Gasteiger partial charge in [-0.05, 0) is 36.4 Å². The topological polar surface area (TPSA) is 115 Å². The Hall–Kier alpha value is -4.10. The molecule has 0 radical (unpaired) electrons. The van der Waals surface area contributed by atoms with Crippen LogP contribution in [0.1, 0.15) is 0 Å². The minimum atomic E-state index is -2.70. The van der Waals surface area contributed by atoms with Gasteiger partial charge in [-0.15, -0.1) is 0 Å². The lowest BCUT2D eigenvalue weighted by atomic mass is 10.3. The number of carbonyl (C=O) groups is 3. The quantitative estimate of drug-likeness (QED) is 0.408. The largest absolute Gasteiger partial charge is 0.540 e. The first-order valence-corrected chi connectivity index (χ1v) is 10.1. The first kappa shape index (κ1) is 21.6. The maximum absolute atomic E-state index is 12.2. The molecule has 0 aliphatic carbocycles. The fourth-order valence-corrected chi connectivity index (χ4v) is 2.90. The highest BCUT2D eigenvalue weighted by molar-refractivity contribution is 7.43. The van der Waals surface area contributed by atoms with Crippen molar-refractivity contribution in [1.82, 2.24) is 0 Å². The van der Waals surface area contributed by atoms with Crippen molar-refractivity contribution in [3.05, 3.63) is 91.0 Å². The summed E-state index contributed by atoms with van der Waals surface area (Å²) in [5.74, 6) is 0. The zero-order valence-corrected chi connectivity index (χ0v) is 17.0. The van der Waals surface area contributed by atoms with Crippen LogP contribution in [0.4, 0.5) is 31.4 Å². The van der Waals surface area contributed by atoms with Gasteiger partial charge in [-0.2, -0.15) is 0 Å². The maximum atomic E-state index is 12.2. The summed E-state index contributed by atoms with van der Waals surface area (Å²) in [7, 11) is -2.70. The third-order valence-electron chi connectivity index (χ3n) is 3.53. The predicted molar refractivity (Wildman–Crippen MR) is 117 cm³/mol. The Morgan fingerprint density at radius 1 is 0.484 bits per heavy atom. The van der Waals surface area contributed by atoms with Crippen molar-refractivity contribution in [2.24, 2.45) is 0 Å². The van der Waals surface area contributed by atoms with Crippen LogP contribution in [-0.2, 0) is 13.6 Å². The Morgan fingerprint density at radius 2 is 0.742 bits per heavy atom. The summed E-state index contributed by atoms with van der Waals surface area (Å²) in [5.41, 5.74) is 1.35. The van der Waals surface area contributed by atoms with Crippen molar-refractivity contribution in [1.29, 1.82) is 0 Å². The smallest absolute Gasteiger partial charge is 0.358 e. The van der Waals surface area contributed by atoms with E-state index in [0.717, 1.165) is 0 Å². The molecule has 0 spiro atoms. The van der Waals surface area contributed by atoms with Crippen LogP contribution in [0.5, 0.6) is 0 Å². The molecule has 0 atom stereocenters. The lowest BCUT2D eigenvalue weighted by Crippen LogP contribution is -2.19. The van der Waals surface area contributed by atoms with Crippen molar-refractivity contribution in [2.45, 2.75) is 0 Å². The molecule has 0 aliphatic heterocycles. The number of benzene rings is 3. The molecule has 10 heteroatoms. The average Bonchev–Trinajstić information content (AvgIpc) is 2.75. The molecule has 3 rings (SSSR count). The van der Waals surface area contributed by atoms with Crippen molar-refractivity contribution >= 4 is 43.9 Å². The van der Waals surface area contributed by atoms with E-state index < -0.39 is 26.9 Å². The van der Waals surface area contributed by atoms with Gasteiger partial charge < -0.3 is 13.6 Å². The van der Waals surface area contributed by atoms with E-state index in [-0.39, 0.29) is 0 Å². The third-order valence-corrected chi connectivity index (χ3v) is 4.48. The Kier molecular flexibility index (Phi) is 7.79. The minimum Gasteiger partial charge on any atom is -0.358 e. The van der Waals surface area contributed by atoms with E-state index in [9.17, 15) is 14.4 Å². The van der Waals surface area contributed by atoms with Gasteiger partial charge in [0.05, 0.1) is 0 Å². The molecule has 3 aromatic carbocycles. The molecular formula is C21H18N3O6P. The molecule has 3 N–H and O–H groups in total. The van der Waals surface area contributed by atoms with E-state index in [2.05, 4.69) is 16.0 Å². The number of para-hydroxylation sites is 3. The number of rotatable bonds is 6. The van der Waals surface area contributed by atoms with Gasteiger partial charge in [-0.1, -0.05) is 54.6 Å². The number of anilines is 3. The Morgan fingerprint density at radius 3 is 1.00 bits per heavy atom. The van der Waals surface area contributed by atoms with Crippen molar-refractivity contribution < 1.29 is 28.0 Å². The maximum Gasteiger partial charge on any atom is 0.540 e. The van der Waals surface area contributed by atoms with E-state index in [1.54, 1.807) is 91.0 Å². The molecule has 0 heterocycles. The predicted octanol–water partition coefficient (Wildman–Crippen LogP) is 5.96. The summed E-state index contributed by atoms with van der Waals surface area (Å²) in [5, 5.41) is 7.35. The molecule has 0 aliphatic rings. The average molecular weight is 439 g/mol. The summed E-state index contributed by atoms with van der Waals surface area (Å²) in [6.45, 7) is 0. The summed E-state index contributed by atoms with van der Waals surface area (Å²) in [6, 6.07) is 25.4. The van der Waals surface area contributed by atoms with Crippen LogP contribution in [0, 0.1) is 0 Å². The first-order valence-electron chi connectivity index (χ1n) is 9.00. The number of nitrogens with one attached hydrogen (secondary N) is 3. The van der Waals surface area contributed by atoms with Crippen molar-refractivity contribution in [2.75, 3.05) is 16.0 Å². The summed E-state index contributed by atoms with van der Waals surface area (Å²) in [6.07, 6.45) is -2.88. The molecule has 0 unspecified atom stereocenters. The van der Waals surface area contributed by atoms with Crippen LogP contribution in [-0.4, -0.2) is 18.3 Å². The van der Waals surface area contributed by atoms with E-state index >= 15 is 0 Å². The van der Waals surface area contributed by atoms with Gasteiger partial charge in [0.2, 0.25) is 0 Å². The molecule has 0 aromatic heterocycles. The lowest BCUT2D eigenvalue weighted by molar-refractivity contribution is 0.176. The van der Waals surface area contributed by atoms with Crippen LogP contribution < -0.4 is 16.0 Å². The molecule has 158 valence electrons. The van der Waals surface area contributed by atoms with Crippen LogP contribution in [0.25, 0.3) is 0 Å². The number of amides is 3. The first-order chi connectivity index (χ1) is 15.1. The van der Waals surface area contributed by atoms with Crippen LogP contribution in [0.15, 0.2) is 91.0 Å². The van der Waals surface area contributed by atoms with E-state index in [1.165, 1.54) is 0 Å². The lowest BCUT2D eigenvalue weighted by Gasteiger charge is -2.16. The summed E-state index contributed by atoms with van der Waals surface area (Å²) >= 11 is 0. The van der Waals surface area contributed by atoms with Gasteiger partial charge in [0.15, 0.2) is 0 Å². The van der Waals surface area contributed by atoms with Gasteiger partial charge in [0, 0.05) is 17.1 Å². The zero-order valence-electron chi connectivity index (χ0n) is 16.1. The van der Waals surface area contributed by atoms with Gasteiger partial charge >= 0.3 is 26.9 Å². The standard InChI is InChI=1S/C21H18N3O6P/c25-19(22-16-10-4-1-5-11-16)28-31(29-20(26)23-17-12-6-2-7-13-17)30-21(27)24-18-14-8-3-9-15-18/h1-15H,(H,22,25)(H,23,26)(H,24,27). The molecule has 3 amide bonds. The fraction of sp³-hybridized carbons (Fsp3) is 0. The van der Waals surface area contributed by atoms with Crippen LogP contribution in [0.3, 0.4) is 0 Å². The van der Waals surface area contributed by atoms with E-state index in [1.807, 2.05) is 0 Å². The van der Waals surface area contributed by atoms with Gasteiger partial charge in [0.25, 0.3) is 0 Å². The minimum absolute atomic E-state index is 0.449. The Bertz CT molecular complexity index is 873. The molecule has 3 aromatic rings. The Labute approximate surface area is 179 Å². The SMILES string of the molecule is O=C(Nc1ccccc1)OP(OC(=O)Nc1ccccc1)OC(=O)Nc1ccccc1. The summed E-state index contributed by atoms with van der Waals surface area (Å²) in [4.78, 5) is 36.5. The highest BCUT2D eigenvalue weighted by Gasteiger charge is 2.28. The van der Waals surface area contributed by atoms with Gasteiger partial charge in [-0.3, -0.25) is 16.0 Å². The highest BCUT2D eigenvalue weighted by Crippen LogP contribution is 2.41.